The van der Waals surface area contributed by atoms with Crippen molar-refractivity contribution in [3.63, 3.8) is 0 Å². The smallest absolute Gasteiger partial charge is 0.246 e. The molecule has 9 atom stereocenters. The van der Waals surface area contributed by atoms with Gasteiger partial charge in [-0.1, -0.05) is 57.0 Å². The zero-order valence-electron chi connectivity index (χ0n) is 25.2. The Hall–Kier alpha value is -3.50. The minimum Gasteiger partial charge on any atom is -0.486 e. The highest BCUT2D eigenvalue weighted by Gasteiger charge is 2.73. The van der Waals surface area contributed by atoms with Crippen molar-refractivity contribution in [3.8, 4) is 11.5 Å². The number of anilines is 1. The van der Waals surface area contributed by atoms with Crippen LogP contribution in [0.4, 0.5) is 5.69 Å². The fraction of sp³-hybridized carbons (Fsp3) is 0.500. The number of hydrogen-bond donors (Lipinski definition) is 2. The maximum absolute atomic E-state index is 14.4. The first kappa shape index (κ1) is 29.2. The summed E-state index contributed by atoms with van der Waals surface area (Å²) in [6, 6.07) is 14.1. The number of carbonyl (C=O) groups is 3. The number of hydrogen-bond acceptors (Lipinski definition) is 7. The average molecular weight is 618 g/mol. The van der Waals surface area contributed by atoms with Gasteiger partial charge in [-0.25, -0.2) is 0 Å². The van der Waals surface area contributed by atoms with Gasteiger partial charge in [0.1, 0.15) is 18.2 Å². The standard InChI is InChI=1S/C34H39N3O6S/c1-19-8-6-11-24(20(19)2)36-32(39)30-34-15-14-27(43-34)28(31(38)35-21-9-7-10-23(16-21)44-3)29(34)33(40)37(30)17-22-18-41-25-12-4-5-13-26(25)42-22/h4-5,7,9-10,12-16,19-20,22,24,27-30H,6,8,11,17-18H2,1-3H3,(H,35,38)(H,36,39)/t19?,20?,22?,24?,27-,28?,29-,30?,34?/m1/s1. The van der Waals surface area contributed by atoms with E-state index in [4.69, 9.17) is 14.2 Å². The van der Waals surface area contributed by atoms with Gasteiger partial charge < -0.3 is 29.7 Å². The molecule has 7 unspecified atom stereocenters. The van der Waals surface area contributed by atoms with E-state index in [-0.39, 0.29) is 36.9 Å². The number of para-hydroxylation sites is 2. The summed E-state index contributed by atoms with van der Waals surface area (Å²) in [5.41, 5.74) is -0.586. The first-order valence-corrected chi connectivity index (χ1v) is 16.8. The third-order valence-corrected chi connectivity index (χ3v) is 11.0. The molecular weight excluding hydrogens is 578 g/mol. The van der Waals surface area contributed by atoms with E-state index < -0.39 is 35.7 Å². The lowest BCUT2D eigenvalue weighted by Gasteiger charge is -2.38. The van der Waals surface area contributed by atoms with Gasteiger partial charge in [-0.2, -0.15) is 0 Å². The molecule has 4 aliphatic heterocycles. The molecule has 1 saturated carbocycles. The van der Waals surface area contributed by atoms with Crippen LogP contribution < -0.4 is 20.1 Å². The van der Waals surface area contributed by atoms with Crippen LogP contribution in [0.3, 0.4) is 0 Å². The van der Waals surface area contributed by atoms with Gasteiger partial charge in [0.2, 0.25) is 17.7 Å². The van der Waals surface area contributed by atoms with Gasteiger partial charge in [0.25, 0.3) is 0 Å². The number of thioether (sulfide) groups is 1. The molecule has 2 aromatic rings. The number of nitrogens with zero attached hydrogens (tertiary/aromatic N) is 1. The Bertz CT molecular complexity index is 1500. The van der Waals surface area contributed by atoms with Crippen LogP contribution in [-0.4, -0.2) is 71.9 Å². The molecule has 5 aliphatic rings. The van der Waals surface area contributed by atoms with E-state index in [0.717, 1.165) is 24.2 Å². The summed E-state index contributed by atoms with van der Waals surface area (Å²) in [7, 11) is 0. The number of nitrogens with one attached hydrogen (secondary N) is 2. The van der Waals surface area contributed by atoms with E-state index in [1.54, 1.807) is 16.7 Å². The summed E-state index contributed by atoms with van der Waals surface area (Å²) >= 11 is 1.59. The number of benzene rings is 2. The van der Waals surface area contributed by atoms with Crippen molar-refractivity contribution >= 4 is 35.2 Å². The molecular formula is C34H39N3O6S. The quantitative estimate of drug-likeness (QED) is 0.353. The maximum atomic E-state index is 14.4. The van der Waals surface area contributed by atoms with Crippen LogP contribution in [0.25, 0.3) is 0 Å². The fourth-order valence-electron chi connectivity index (χ4n) is 7.81. The second-order valence-electron chi connectivity index (χ2n) is 12.8. The Morgan fingerprint density at radius 1 is 1.07 bits per heavy atom. The Kier molecular flexibility index (Phi) is 7.61. The predicted octanol–water partition coefficient (Wildman–Crippen LogP) is 4.28. The molecule has 0 aromatic heterocycles. The van der Waals surface area contributed by atoms with Crippen molar-refractivity contribution in [3.05, 3.63) is 60.7 Å². The molecule has 1 aliphatic carbocycles. The Morgan fingerprint density at radius 3 is 2.70 bits per heavy atom. The van der Waals surface area contributed by atoms with Crippen molar-refractivity contribution in [1.82, 2.24) is 10.2 Å². The van der Waals surface area contributed by atoms with Crippen molar-refractivity contribution in [2.45, 2.75) is 67.9 Å². The Balaban J connectivity index is 1.19. The minimum atomic E-state index is -1.24. The SMILES string of the molecule is CSc1cccc(NC(=O)C2[C@H]3C=CC4(O3)C(C(=O)NC3CCCC(C)C3C)N(CC3COc5ccccc5O3)C(=O)[C@@H]24)c1. The highest BCUT2D eigenvalue weighted by Crippen LogP contribution is 2.55. The molecule has 0 radical (unpaired) electrons. The van der Waals surface area contributed by atoms with E-state index in [2.05, 4.69) is 24.5 Å². The van der Waals surface area contributed by atoms with Crippen LogP contribution in [-0.2, 0) is 19.1 Å². The molecule has 4 heterocycles. The highest BCUT2D eigenvalue weighted by atomic mass is 32.2. The third-order valence-electron chi connectivity index (χ3n) is 10.3. The van der Waals surface area contributed by atoms with Crippen LogP contribution in [0.5, 0.6) is 11.5 Å². The van der Waals surface area contributed by atoms with Gasteiger partial charge in [-0.3, -0.25) is 14.4 Å². The monoisotopic (exact) mass is 617 g/mol. The van der Waals surface area contributed by atoms with Crippen LogP contribution >= 0.6 is 11.8 Å². The summed E-state index contributed by atoms with van der Waals surface area (Å²) in [6.07, 6.45) is 7.66. The molecule has 3 fully saturated rings. The van der Waals surface area contributed by atoms with Crippen LogP contribution in [0.15, 0.2) is 65.6 Å². The van der Waals surface area contributed by atoms with Gasteiger partial charge in [0, 0.05) is 16.6 Å². The molecule has 2 bridgehead atoms. The molecule has 1 spiro atoms. The summed E-state index contributed by atoms with van der Waals surface area (Å²) in [6.45, 7) is 4.77. The summed E-state index contributed by atoms with van der Waals surface area (Å²) in [5, 5.41) is 6.33. The Labute approximate surface area is 262 Å². The number of carbonyl (C=O) groups excluding carboxylic acids is 3. The first-order valence-electron chi connectivity index (χ1n) is 15.6. The summed E-state index contributed by atoms with van der Waals surface area (Å²) < 4.78 is 18.7. The lowest BCUT2D eigenvalue weighted by Crippen LogP contribution is -2.59. The maximum Gasteiger partial charge on any atom is 0.246 e. The molecule has 232 valence electrons. The van der Waals surface area contributed by atoms with E-state index >= 15 is 0 Å². The second-order valence-corrected chi connectivity index (χ2v) is 13.7. The molecule has 10 heteroatoms. The molecule has 44 heavy (non-hydrogen) atoms. The van der Waals surface area contributed by atoms with Crippen molar-refractivity contribution in [2.24, 2.45) is 23.7 Å². The van der Waals surface area contributed by atoms with Crippen LogP contribution in [0.2, 0.25) is 0 Å². The van der Waals surface area contributed by atoms with Gasteiger partial charge in [-0.05, 0) is 54.8 Å². The van der Waals surface area contributed by atoms with Crippen molar-refractivity contribution in [2.75, 3.05) is 24.7 Å². The average Bonchev–Trinajstić information content (AvgIpc) is 3.67. The van der Waals surface area contributed by atoms with Gasteiger partial charge in [0.15, 0.2) is 17.6 Å². The Morgan fingerprint density at radius 2 is 1.89 bits per heavy atom. The largest absolute Gasteiger partial charge is 0.486 e. The molecule has 7 rings (SSSR count). The second kappa shape index (κ2) is 11.5. The topological polar surface area (TPSA) is 106 Å². The zero-order valence-corrected chi connectivity index (χ0v) is 26.0. The number of likely N-dealkylation sites (tertiary alicyclic amines) is 1. The van der Waals surface area contributed by atoms with Gasteiger partial charge >= 0.3 is 0 Å². The van der Waals surface area contributed by atoms with Gasteiger partial charge in [-0.15, -0.1) is 11.8 Å². The molecule has 3 amide bonds. The number of fused-ring (bicyclic) bond motifs is 2. The molecule has 2 aromatic carbocycles. The summed E-state index contributed by atoms with van der Waals surface area (Å²) in [4.78, 5) is 45.2. The fourth-order valence-corrected chi connectivity index (χ4v) is 8.27. The number of ether oxygens (including phenoxy) is 3. The van der Waals surface area contributed by atoms with Crippen molar-refractivity contribution < 1.29 is 28.6 Å². The third kappa shape index (κ3) is 4.86. The first-order chi connectivity index (χ1) is 21.3. The van der Waals surface area contributed by atoms with E-state index in [1.165, 1.54) is 0 Å². The van der Waals surface area contributed by atoms with E-state index in [0.29, 0.717) is 29.0 Å². The van der Waals surface area contributed by atoms with Gasteiger partial charge in [0.05, 0.1) is 24.5 Å². The minimum absolute atomic E-state index is 0.00480. The molecule has 2 N–H and O–H groups in total. The molecule has 9 nitrogen and oxygen atoms in total. The predicted molar refractivity (Wildman–Crippen MR) is 167 cm³/mol. The lowest BCUT2D eigenvalue weighted by atomic mass is 9.73. The van der Waals surface area contributed by atoms with Crippen LogP contribution in [0.1, 0.15) is 33.1 Å². The normalized spacial score (nSPS) is 35.0. The van der Waals surface area contributed by atoms with Crippen LogP contribution in [0, 0.1) is 23.7 Å². The number of rotatable bonds is 7. The van der Waals surface area contributed by atoms with E-state index in [1.807, 2.05) is 66.9 Å². The van der Waals surface area contributed by atoms with Crippen molar-refractivity contribution in [1.29, 1.82) is 0 Å². The highest BCUT2D eigenvalue weighted by molar-refractivity contribution is 7.98. The summed E-state index contributed by atoms with van der Waals surface area (Å²) in [5.74, 6) is -0.379. The molecule has 2 saturated heterocycles. The van der Waals surface area contributed by atoms with E-state index in [9.17, 15) is 14.4 Å². The zero-order chi connectivity index (χ0) is 30.6. The number of amides is 3. The lowest BCUT2D eigenvalue weighted by molar-refractivity contribution is -0.143.